The Morgan fingerprint density at radius 3 is 2.64 bits per heavy atom. The molecule has 0 aliphatic heterocycles. The minimum Gasteiger partial charge on any atom is -0.393 e. The van der Waals surface area contributed by atoms with Crippen molar-refractivity contribution in [3.63, 3.8) is 0 Å². The topological polar surface area (TPSA) is 20.2 Å². The first kappa shape index (κ1) is 21.9. The van der Waals surface area contributed by atoms with Crippen LogP contribution in [0.15, 0.2) is 35.5 Å². The summed E-state index contributed by atoms with van der Waals surface area (Å²) in [6.45, 7) is 14.1. The Balaban J connectivity index is 1.70. The smallest absolute Gasteiger partial charge is 0.0583 e. The lowest BCUT2D eigenvalue weighted by molar-refractivity contribution is 0.0929. The lowest BCUT2D eigenvalue weighted by atomic mass is 9.60. The molecule has 0 radical (unpaired) electrons. The molecule has 0 bridgehead atoms. The Hall–Kier alpha value is -0.820. The van der Waals surface area contributed by atoms with E-state index in [1.165, 1.54) is 62.5 Å². The van der Waals surface area contributed by atoms with Gasteiger partial charge in [0.25, 0.3) is 0 Å². The molecule has 0 aromatic carbocycles. The number of aliphatic hydroxyl groups is 1. The second-order valence-electron chi connectivity index (χ2n) is 10.8. The molecule has 0 unspecified atom stereocenters. The zero-order valence-electron chi connectivity index (χ0n) is 19.0. The molecule has 5 atom stereocenters. The van der Waals surface area contributed by atoms with Gasteiger partial charge in [0, 0.05) is 0 Å². The second-order valence-corrected chi connectivity index (χ2v) is 10.8. The van der Waals surface area contributed by atoms with Gasteiger partial charge in [0.05, 0.1) is 6.10 Å². The van der Waals surface area contributed by atoms with Crippen LogP contribution in [0.25, 0.3) is 0 Å². The molecule has 28 heavy (non-hydrogen) atoms. The standard InChI is InChI=1S/C27H44O/c1-19(2)8-6-9-21(4)25-15-16-26-22(10-7-17-27(25,26)5)12-13-23-18-24(28)14-11-20(23)3/h12-13,19,21,24-26,28H,3,6-11,14-18H2,1-2,4-5H3/b22-12-,23-13-/t21-,24-,25+,26-,27+/m0/s1. The molecule has 3 rings (SSSR count). The summed E-state index contributed by atoms with van der Waals surface area (Å²) in [5, 5.41) is 10.0. The Kier molecular flexibility index (Phi) is 7.29. The van der Waals surface area contributed by atoms with Crippen molar-refractivity contribution in [3.05, 3.63) is 35.5 Å². The van der Waals surface area contributed by atoms with Gasteiger partial charge >= 0.3 is 0 Å². The molecule has 1 nitrogen and oxygen atoms in total. The number of fused-ring (bicyclic) bond motifs is 1. The van der Waals surface area contributed by atoms with Crippen LogP contribution in [0, 0.1) is 29.1 Å². The van der Waals surface area contributed by atoms with E-state index in [9.17, 15) is 5.11 Å². The van der Waals surface area contributed by atoms with Gasteiger partial charge in [0.15, 0.2) is 0 Å². The molecule has 3 aliphatic carbocycles. The summed E-state index contributed by atoms with van der Waals surface area (Å²) in [6.07, 6.45) is 18.2. The lowest BCUT2D eigenvalue weighted by Crippen LogP contribution is -2.36. The van der Waals surface area contributed by atoms with Crippen LogP contribution >= 0.6 is 0 Å². The lowest BCUT2D eigenvalue weighted by Gasteiger charge is -2.44. The zero-order chi connectivity index (χ0) is 20.3. The van der Waals surface area contributed by atoms with Crippen molar-refractivity contribution < 1.29 is 5.11 Å². The summed E-state index contributed by atoms with van der Waals surface area (Å²) in [4.78, 5) is 0. The van der Waals surface area contributed by atoms with Gasteiger partial charge in [-0.05, 0) is 86.0 Å². The quantitative estimate of drug-likeness (QED) is 0.499. The highest BCUT2D eigenvalue weighted by Crippen LogP contribution is 2.59. The fourth-order valence-corrected chi connectivity index (χ4v) is 6.66. The van der Waals surface area contributed by atoms with E-state index in [2.05, 4.69) is 46.4 Å². The van der Waals surface area contributed by atoms with E-state index in [1.807, 2.05) is 0 Å². The molecule has 1 N–H and O–H groups in total. The third-order valence-corrected chi connectivity index (χ3v) is 8.35. The summed E-state index contributed by atoms with van der Waals surface area (Å²) < 4.78 is 0. The minimum absolute atomic E-state index is 0.172. The first-order chi connectivity index (χ1) is 13.3. The maximum Gasteiger partial charge on any atom is 0.0583 e. The van der Waals surface area contributed by atoms with Gasteiger partial charge in [-0.15, -0.1) is 0 Å². The average molecular weight is 385 g/mol. The normalized spacial score (nSPS) is 37.6. The van der Waals surface area contributed by atoms with E-state index in [4.69, 9.17) is 0 Å². The Morgan fingerprint density at radius 1 is 1.11 bits per heavy atom. The monoisotopic (exact) mass is 384 g/mol. The number of hydrogen-bond acceptors (Lipinski definition) is 1. The summed E-state index contributed by atoms with van der Waals surface area (Å²) >= 11 is 0. The summed E-state index contributed by atoms with van der Waals surface area (Å²) in [7, 11) is 0. The van der Waals surface area contributed by atoms with Crippen LogP contribution < -0.4 is 0 Å². The minimum atomic E-state index is -0.172. The molecule has 158 valence electrons. The predicted octanol–water partition coefficient (Wildman–Crippen LogP) is 7.62. The van der Waals surface area contributed by atoms with Gasteiger partial charge in [0.1, 0.15) is 0 Å². The molecule has 0 saturated heterocycles. The SMILES string of the molecule is C=C1CC[C@H](O)C/C1=C/C=C1/CCC[C@]2(C)[C@@H]([C@@H](C)CCCC(C)C)CC[C@@H]12. The molecular formula is C27H44O. The van der Waals surface area contributed by atoms with Crippen molar-refractivity contribution in [2.24, 2.45) is 29.1 Å². The van der Waals surface area contributed by atoms with E-state index in [1.54, 1.807) is 5.57 Å². The predicted molar refractivity (Wildman–Crippen MR) is 121 cm³/mol. The largest absolute Gasteiger partial charge is 0.393 e. The van der Waals surface area contributed by atoms with Gasteiger partial charge in [-0.25, -0.2) is 0 Å². The number of rotatable bonds is 6. The Labute approximate surface area is 174 Å². The van der Waals surface area contributed by atoms with Crippen LogP contribution in [0.1, 0.15) is 98.3 Å². The summed E-state index contributed by atoms with van der Waals surface area (Å²) in [5.41, 5.74) is 4.72. The maximum atomic E-state index is 10.0. The number of allylic oxidation sites excluding steroid dienone is 4. The third-order valence-electron chi connectivity index (χ3n) is 8.35. The van der Waals surface area contributed by atoms with Crippen molar-refractivity contribution in [3.8, 4) is 0 Å². The number of aliphatic hydroxyl groups excluding tert-OH is 1. The highest BCUT2D eigenvalue weighted by atomic mass is 16.3. The van der Waals surface area contributed by atoms with Crippen LogP contribution in [0.3, 0.4) is 0 Å². The molecule has 3 aliphatic rings. The van der Waals surface area contributed by atoms with Crippen molar-refractivity contribution in [2.75, 3.05) is 0 Å². The van der Waals surface area contributed by atoms with Gasteiger partial charge in [0.2, 0.25) is 0 Å². The molecule has 1 heteroatoms. The van der Waals surface area contributed by atoms with E-state index in [-0.39, 0.29) is 6.10 Å². The van der Waals surface area contributed by atoms with Crippen molar-refractivity contribution >= 4 is 0 Å². The molecule has 0 heterocycles. The van der Waals surface area contributed by atoms with Crippen LogP contribution in [0.4, 0.5) is 0 Å². The first-order valence-corrected chi connectivity index (χ1v) is 12.1. The first-order valence-electron chi connectivity index (χ1n) is 12.1. The van der Waals surface area contributed by atoms with Crippen LogP contribution in [0.2, 0.25) is 0 Å². The van der Waals surface area contributed by atoms with Gasteiger partial charge in [-0.1, -0.05) is 76.8 Å². The van der Waals surface area contributed by atoms with E-state index < -0.39 is 0 Å². The average Bonchev–Trinajstić information content (AvgIpc) is 2.99. The fraction of sp³-hybridized carbons (Fsp3) is 0.778. The van der Waals surface area contributed by atoms with E-state index >= 15 is 0 Å². The third kappa shape index (κ3) is 4.84. The van der Waals surface area contributed by atoms with E-state index in [0.29, 0.717) is 5.41 Å². The molecule has 0 amide bonds. The summed E-state index contributed by atoms with van der Waals surface area (Å²) in [6, 6.07) is 0. The second kappa shape index (κ2) is 9.33. The summed E-state index contributed by atoms with van der Waals surface area (Å²) in [5.74, 6) is 3.37. The fourth-order valence-electron chi connectivity index (χ4n) is 6.66. The zero-order valence-corrected chi connectivity index (χ0v) is 19.0. The molecule has 3 saturated carbocycles. The highest BCUT2D eigenvalue weighted by Gasteiger charge is 2.50. The Bertz CT molecular complexity index is 610. The number of hydrogen-bond donors (Lipinski definition) is 1. The van der Waals surface area contributed by atoms with Gasteiger partial charge < -0.3 is 5.11 Å². The molecule has 0 spiro atoms. The van der Waals surface area contributed by atoms with Crippen LogP contribution in [-0.2, 0) is 0 Å². The van der Waals surface area contributed by atoms with E-state index in [0.717, 1.165) is 42.9 Å². The van der Waals surface area contributed by atoms with Crippen LogP contribution in [-0.4, -0.2) is 11.2 Å². The van der Waals surface area contributed by atoms with Crippen LogP contribution in [0.5, 0.6) is 0 Å². The molecular weight excluding hydrogens is 340 g/mol. The van der Waals surface area contributed by atoms with Crippen molar-refractivity contribution in [1.82, 2.24) is 0 Å². The van der Waals surface area contributed by atoms with Crippen molar-refractivity contribution in [2.45, 2.75) is 104 Å². The van der Waals surface area contributed by atoms with Gasteiger partial charge in [-0.3, -0.25) is 0 Å². The molecule has 3 fully saturated rings. The highest BCUT2D eigenvalue weighted by molar-refractivity contribution is 5.36. The Morgan fingerprint density at radius 2 is 1.89 bits per heavy atom. The maximum absolute atomic E-state index is 10.0. The molecule has 0 aromatic heterocycles. The van der Waals surface area contributed by atoms with Crippen molar-refractivity contribution in [1.29, 1.82) is 0 Å². The molecule has 0 aromatic rings. The van der Waals surface area contributed by atoms with Gasteiger partial charge in [-0.2, -0.15) is 0 Å².